The van der Waals surface area contributed by atoms with Crippen molar-refractivity contribution in [3.8, 4) is 0 Å². The highest BCUT2D eigenvalue weighted by Gasteiger charge is 2.24. The Morgan fingerprint density at radius 1 is 1.09 bits per heavy atom. The summed E-state index contributed by atoms with van der Waals surface area (Å²) in [7, 11) is 0. The van der Waals surface area contributed by atoms with E-state index in [1.165, 1.54) is 0 Å². The molecule has 0 aliphatic rings. The van der Waals surface area contributed by atoms with Crippen LogP contribution in [-0.4, -0.2) is 54.0 Å². The monoisotopic (exact) mass is 475 g/mol. The van der Waals surface area contributed by atoms with Crippen molar-refractivity contribution < 1.29 is 29.9 Å². The van der Waals surface area contributed by atoms with E-state index in [4.69, 9.17) is 16.7 Å². The van der Waals surface area contributed by atoms with Gasteiger partial charge in [-0.15, -0.1) is 0 Å². The molecule has 4 N–H and O–H groups in total. The molecule has 0 heterocycles. The molecule has 0 aliphatic heterocycles. The van der Waals surface area contributed by atoms with Crippen molar-refractivity contribution in [2.24, 2.45) is 0 Å². The lowest BCUT2D eigenvalue weighted by Gasteiger charge is -2.20. The smallest absolute Gasteiger partial charge is 0.328 e. The molecule has 0 aromatic heterocycles. The maximum absolute atomic E-state index is 12.8. The summed E-state index contributed by atoms with van der Waals surface area (Å²) in [5, 5.41) is 22.9. The minimum absolute atomic E-state index is 0.0123. The average molecular weight is 476 g/mol. The molecule has 9 heteroatoms. The fourth-order valence-corrected chi connectivity index (χ4v) is 3.11. The van der Waals surface area contributed by atoms with Gasteiger partial charge in [0.05, 0.1) is 5.97 Å². The first-order chi connectivity index (χ1) is 15.8. The number of carbonyl (C=O) groups is 3. The van der Waals surface area contributed by atoms with Gasteiger partial charge in [0.1, 0.15) is 5.69 Å². The Morgan fingerprint density at radius 2 is 1.76 bits per heavy atom. The van der Waals surface area contributed by atoms with E-state index < -0.39 is 11.9 Å². The molecule has 178 valence electrons. The number of aliphatic carboxylic acids is 2. The number of nitrogens with one attached hydrogen (secondary N) is 1. The van der Waals surface area contributed by atoms with E-state index in [9.17, 15) is 19.5 Å². The van der Waals surface area contributed by atoms with Crippen LogP contribution in [0.15, 0.2) is 66.7 Å². The molecule has 2 aromatic rings. The maximum atomic E-state index is 12.8. The standard InChI is InChI=1S/C20H26ClN3O.C4H4O4/c1-3-24(4-2)14-13-22-20(25)19(16-9-6-5-7-10-16)23-18-12-8-11-17(21)15-18;5-3(6)1-2-4(7)8/h5-12,15,19,23H,3-4,13-14H2,1-2H3,(H,22,25);1-2H,(H,5,6)(H,7,8)/b;2-1-. The summed E-state index contributed by atoms with van der Waals surface area (Å²) in [6.07, 6.45) is 0.942. The second kappa shape index (κ2) is 15.6. The van der Waals surface area contributed by atoms with Gasteiger partial charge >= 0.3 is 5.97 Å². The van der Waals surface area contributed by atoms with E-state index in [2.05, 4.69) is 24.1 Å². The molecular formula is C24H30ClN3O5. The van der Waals surface area contributed by atoms with E-state index in [-0.39, 0.29) is 11.9 Å². The quantitative estimate of drug-likeness (QED) is 0.330. The number of carboxylic acids is 2. The minimum Gasteiger partial charge on any atom is -0.545 e. The van der Waals surface area contributed by atoms with Crippen molar-refractivity contribution in [1.29, 1.82) is 0 Å². The van der Waals surface area contributed by atoms with Gasteiger partial charge in [-0.2, -0.15) is 0 Å². The highest BCUT2D eigenvalue weighted by atomic mass is 35.5. The molecule has 2 rings (SSSR count). The molecule has 1 amide bonds. The Bertz CT molecular complexity index is 901. The summed E-state index contributed by atoms with van der Waals surface area (Å²) < 4.78 is 0. The predicted molar refractivity (Wildman–Crippen MR) is 125 cm³/mol. The van der Waals surface area contributed by atoms with Gasteiger partial charge in [0.25, 0.3) is 5.91 Å². The second-order valence-corrected chi connectivity index (χ2v) is 7.35. The van der Waals surface area contributed by atoms with Crippen LogP contribution in [0.5, 0.6) is 0 Å². The lowest BCUT2D eigenvalue weighted by molar-refractivity contribution is -0.603. The number of likely N-dealkylation sites (N-methyl/N-ethyl adjacent to an activating group) is 1. The van der Waals surface area contributed by atoms with Crippen molar-refractivity contribution in [3.63, 3.8) is 0 Å². The number of amides is 1. The van der Waals surface area contributed by atoms with Crippen LogP contribution < -0.4 is 15.7 Å². The molecule has 0 bridgehead atoms. The molecule has 0 aliphatic carbocycles. The number of quaternary nitrogens is 1. The Hall–Kier alpha value is -3.20. The van der Waals surface area contributed by atoms with Crippen molar-refractivity contribution in [3.05, 3.63) is 77.3 Å². The molecule has 2 aromatic carbocycles. The SMILES string of the molecule is CCN(CC)CCNC(=O)C([NH2+]c1cccc(Cl)c1)c1ccccc1.O=C([O-])/C=C\C(=O)O. The first-order valence-corrected chi connectivity index (χ1v) is 10.9. The van der Waals surface area contributed by atoms with Crippen LogP contribution >= 0.6 is 11.6 Å². The highest BCUT2D eigenvalue weighted by Crippen LogP contribution is 2.14. The number of nitrogens with two attached hydrogens (primary N) is 1. The van der Waals surface area contributed by atoms with Crippen LogP contribution in [0.1, 0.15) is 25.5 Å². The number of hydrogen-bond acceptors (Lipinski definition) is 5. The van der Waals surface area contributed by atoms with Gasteiger partial charge in [0, 0.05) is 35.8 Å². The number of hydrogen-bond donors (Lipinski definition) is 3. The highest BCUT2D eigenvalue weighted by molar-refractivity contribution is 6.30. The van der Waals surface area contributed by atoms with E-state index in [0.29, 0.717) is 23.7 Å². The van der Waals surface area contributed by atoms with Gasteiger partial charge in [-0.1, -0.05) is 61.8 Å². The normalized spacial score (nSPS) is 11.5. The molecule has 0 fully saturated rings. The summed E-state index contributed by atoms with van der Waals surface area (Å²) in [5.41, 5.74) is 1.92. The Morgan fingerprint density at radius 3 is 2.27 bits per heavy atom. The summed E-state index contributed by atoms with van der Waals surface area (Å²) in [6, 6.07) is 17.1. The second-order valence-electron chi connectivity index (χ2n) is 6.92. The van der Waals surface area contributed by atoms with Gasteiger partial charge in [0.2, 0.25) is 0 Å². The largest absolute Gasteiger partial charge is 0.545 e. The third kappa shape index (κ3) is 11.8. The molecule has 8 nitrogen and oxygen atoms in total. The van der Waals surface area contributed by atoms with Crippen LogP contribution in [0.3, 0.4) is 0 Å². The molecule has 0 saturated heterocycles. The van der Waals surface area contributed by atoms with Gasteiger partial charge in [-0.3, -0.25) is 10.1 Å². The third-order valence-corrected chi connectivity index (χ3v) is 4.87. The topological polar surface area (TPSA) is 126 Å². The molecule has 1 unspecified atom stereocenters. The van der Waals surface area contributed by atoms with Gasteiger partial charge in [-0.05, 0) is 31.3 Å². The summed E-state index contributed by atoms with van der Waals surface area (Å²) >= 11 is 6.08. The lowest BCUT2D eigenvalue weighted by Crippen LogP contribution is -2.82. The van der Waals surface area contributed by atoms with Gasteiger partial charge in [-0.25, -0.2) is 4.79 Å². The minimum atomic E-state index is -1.51. The fraction of sp³-hybridized carbons (Fsp3) is 0.292. The van der Waals surface area contributed by atoms with E-state index in [0.717, 1.165) is 30.9 Å². The predicted octanol–water partition coefficient (Wildman–Crippen LogP) is 1.11. The third-order valence-electron chi connectivity index (χ3n) is 4.63. The van der Waals surface area contributed by atoms with Crippen LogP contribution in [0.2, 0.25) is 5.02 Å². The van der Waals surface area contributed by atoms with E-state index >= 15 is 0 Å². The summed E-state index contributed by atoms with van der Waals surface area (Å²) in [5.74, 6) is -2.79. The first-order valence-electron chi connectivity index (χ1n) is 10.5. The molecule has 1 atom stereocenters. The molecule has 0 spiro atoms. The summed E-state index contributed by atoms with van der Waals surface area (Å²) in [4.78, 5) is 34.1. The summed E-state index contributed by atoms with van der Waals surface area (Å²) in [6.45, 7) is 7.74. The number of carboxylic acid groups (broad SMARTS) is 2. The van der Waals surface area contributed by atoms with Crippen LogP contribution in [0.4, 0.5) is 5.69 Å². The zero-order chi connectivity index (χ0) is 24.6. The molecule has 33 heavy (non-hydrogen) atoms. The Kier molecular flexibility index (Phi) is 13.1. The van der Waals surface area contributed by atoms with Crippen LogP contribution in [-0.2, 0) is 14.4 Å². The molecular weight excluding hydrogens is 446 g/mol. The number of nitrogens with zero attached hydrogens (tertiary/aromatic N) is 1. The van der Waals surface area contributed by atoms with Crippen molar-refractivity contribution >= 4 is 35.1 Å². The molecule has 0 radical (unpaired) electrons. The maximum Gasteiger partial charge on any atom is 0.328 e. The lowest BCUT2D eigenvalue weighted by atomic mass is 10.1. The van der Waals surface area contributed by atoms with E-state index in [1.54, 1.807) is 0 Å². The van der Waals surface area contributed by atoms with Crippen molar-refractivity contribution in [2.45, 2.75) is 19.9 Å². The number of carbonyl (C=O) groups excluding carboxylic acids is 2. The number of benzene rings is 2. The van der Waals surface area contributed by atoms with Gasteiger partial charge < -0.3 is 25.2 Å². The van der Waals surface area contributed by atoms with Gasteiger partial charge in [0.15, 0.2) is 6.04 Å². The Balaban J connectivity index is 0.000000582. The van der Waals surface area contributed by atoms with E-state index in [1.807, 2.05) is 59.9 Å². The number of halogens is 1. The first kappa shape index (κ1) is 27.8. The van der Waals surface area contributed by atoms with Crippen molar-refractivity contribution in [2.75, 3.05) is 26.2 Å². The van der Waals surface area contributed by atoms with Crippen molar-refractivity contribution in [1.82, 2.24) is 10.2 Å². The zero-order valence-corrected chi connectivity index (χ0v) is 19.5. The Labute approximate surface area is 198 Å². The molecule has 0 saturated carbocycles. The van der Waals surface area contributed by atoms with Crippen LogP contribution in [0, 0.1) is 0 Å². The average Bonchev–Trinajstić information content (AvgIpc) is 2.80. The van der Waals surface area contributed by atoms with Crippen LogP contribution in [0.25, 0.3) is 0 Å². The zero-order valence-electron chi connectivity index (χ0n) is 18.7. The number of rotatable bonds is 11. The fourth-order valence-electron chi connectivity index (χ4n) is 2.91.